The van der Waals surface area contributed by atoms with Gasteiger partial charge in [-0.05, 0) is 67.3 Å². The molecule has 1 aromatic heterocycles. The third kappa shape index (κ3) is 17.7. The van der Waals surface area contributed by atoms with E-state index in [0.29, 0.717) is 5.82 Å². The van der Waals surface area contributed by atoms with Crippen molar-refractivity contribution in [2.45, 2.75) is 126 Å². The Hall–Kier alpha value is -2.52. The van der Waals surface area contributed by atoms with Crippen LogP contribution in [0.15, 0.2) is 34.2 Å². The summed E-state index contributed by atoms with van der Waals surface area (Å²) in [6, 6.07) is 9.06. The molecule has 11 nitrogen and oxygen atoms in total. The Morgan fingerprint density at radius 2 is 1.25 bits per heavy atom. The summed E-state index contributed by atoms with van der Waals surface area (Å²) in [5.41, 5.74) is 3.38. The molecule has 0 saturated carbocycles. The zero-order valence-electron chi connectivity index (χ0n) is 33.1. The highest BCUT2D eigenvalue weighted by Crippen LogP contribution is 2.40. The second-order valence-electron chi connectivity index (χ2n) is 13.3. The van der Waals surface area contributed by atoms with Gasteiger partial charge in [0.2, 0.25) is 11.6 Å². The van der Waals surface area contributed by atoms with E-state index in [1.165, 1.54) is 31.4 Å². The van der Waals surface area contributed by atoms with E-state index in [1.54, 1.807) is 30.0 Å². The Bertz CT molecular complexity index is 1430. The molecule has 1 aliphatic heterocycles. The molecule has 0 spiro atoms. The van der Waals surface area contributed by atoms with Crippen LogP contribution in [-0.2, 0) is 4.79 Å². The summed E-state index contributed by atoms with van der Waals surface area (Å²) >= 11 is 3.43. The monoisotopic (exact) mass is 794 g/mol. The van der Waals surface area contributed by atoms with E-state index < -0.39 is 10.2 Å². The first-order valence-corrected chi connectivity index (χ1v) is 22.4. The minimum Gasteiger partial charge on any atom is -0.372 e. The number of thioether (sulfide) groups is 1. The van der Waals surface area contributed by atoms with Gasteiger partial charge < -0.3 is 15.1 Å². The van der Waals surface area contributed by atoms with Crippen molar-refractivity contribution in [2.75, 3.05) is 54.4 Å². The molecule has 0 fully saturated rings. The average Bonchev–Trinajstić information content (AvgIpc) is 3.71. The second-order valence-corrected chi connectivity index (χ2v) is 16.0. The quantitative estimate of drug-likeness (QED) is 0.139. The maximum absolute atomic E-state index is 12.5. The lowest BCUT2D eigenvalue weighted by atomic mass is 10.1. The molecule has 0 atom stereocenters. The van der Waals surface area contributed by atoms with E-state index >= 15 is 0 Å². The normalized spacial score (nSPS) is 13.5. The van der Waals surface area contributed by atoms with Gasteiger partial charge in [-0.2, -0.15) is 0 Å². The van der Waals surface area contributed by atoms with E-state index in [1.807, 2.05) is 0 Å². The van der Waals surface area contributed by atoms with Crippen LogP contribution < -0.4 is 33.8 Å². The van der Waals surface area contributed by atoms with Crippen LogP contribution in [0.5, 0.6) is 0 Å². The Morgan fingerprint density at radius 1 is 0.774 bits per heavy atom. The molecule has 1 N–H and O–H groups in total. The molecular formula is C39H63ClN6O5S2. The van der Waals surface area contributed by atoms with Crippen LogP contribution in [0.1, 0.15) is 136 Å². The molecule has 1 amide bonds. The van der Waals surface area contributed by atoms with E-state index in [-0.39, 0.29) is 5.91 Å². The number of allylic oxidation sites excluding steroid dienone is 1. The van der Waals surface area contributed by atoms with Crippen LogP contribution >= 0.6 is 23.1 Å². The summed E-state index contributed by atoms with van der Waals surface area (Å²) in [5.74, 6) is 0.514. The van der Waals surface area contributed by atoms with E-state index in [2.05, 4.69) is 91.6 Å². The molecule has 2 aromatic rings. The second kappa shape index (κ2) is 25.5. The summed E-state index contributed by atoms with van der Waals surface area (Å²) in [4.78, 5) is 29.9. The first kappa shape index (κ1) is 46.6. The van der Waals surface area contributed by atoms with Crippen molar-refractivity contribution in [1.82, 2.24) is 4.98 Å². The smallest absolute Gasteiger partial charge is 0.360 e. The predicted octanol–water partition coefficient (Wildman–Crippen LogP) is 5.70. The fraction of sp³-hybridized carbons (Fsp3) is 0.641. The van der Waals surface area contributed by atoms with Crippen molar-refractivity contribution < 1.29 is 38.2 Å². The lowest BCUT2D eigenvalue weighted by Gasteiger charge is -2.24. The number of benzene rings is 1. The Kier molecular flexibility index (Phi) is 22.5. The van der Waals surface area contributed by atoms with Crippen molar-refractivity contribution in [3.8, 4) is 0 Å². The molecule has 0 unspecified atom stereocenters. The fourth-order valence-corrected chi connectivity index (χ4v) is 7.80. The highest BCUT2D eigenvalue weighted by molar-refractivity contribution is 8.18. The summed E-state index contributed by atoms with van der Waals surface area (Å²) in [7, 11) is -4.94. The van der Waals surface area contributed by atoms with Crippen molar-refractivity contribution >= 4 is 62.6 Å². The van der Waals surface area contributed by atoms with Gasteiger partial charge in [0.05, 0.1) is 18.0 Å². The number of carbonyl (C=O) groups is 1. The third-order valence-corrected chi connectivity index (χ3v) is 10.7. The van der Waals surface area contributed by atoms with Gasteiger partial charge >= 0.3 is 5.17 Å². The molecule has 14 heteroatoms. The topological polar surface area (TPSA) is 156 Å². The summed E-state index contributed by atoms with van der Waals surface area (Å²) in [6.07, 6.45) is 16.2. The zero-order chi connectivity index (χ0) is 39.2. The van der Waals surface area contributed by atoms with Gasteiger partial charge in [-0.3, -0.25) is 9.37 Å². The summed E-state index contributed by atoms with van der Waals surface area (Å²) < 4.78 is 36.4. The Morgan fingerprint density at radius 3 is 1.70 bits per heavy atom. The van der Waals surface area contributed by atoms with Crippen LogP contribution in [0.3, 0.4) is 0 Å². The SMILES string of the molecule is CCCCN(CCCC)c1ccc(/C=C2\SC(=[N+](CCCC)CCCC)N=C2c2sc(N(CCCC)CCCC)nc2NC(C)=O)cc1.[O-][Cl+3]([O-])([O-])[O-]. The van der Waals surface area contributed by atoms with Gasteiger partial charge in [0, 0.05) is 50.6 Å². The Labute approximate surface area is 329 Å². The van der Waals surface area contributed by atoms with Crippen LogP contribution in [0.2, 0.25) is 0 Å². The molecule has 0 saturated heterocycles. The van der Waals surface area contributed by atoms with Crippen molar-refractivity contribution in [2.24, 2.45) is 4.99 Å². The number of thiazole rings is 1. The first-order chi connectivity index (χ1) is 25.4. The molecule has 2 heterocycles. The molecule has 53 heavy (non-hydrogen) atoms. The average molecular weight is 796 g/mol. The molecule has 0 bridgehead atoms. The lowest BCUT2D eigenvalue weighted by Crippen LogP contribution is -2.68. The third-order valence-electron chi connectivity index (χ3n) is 8.55. The summed E-state index contributed by atoms with van der Waals surface area (Å²) in [5, 5.41) is 5.10. The number of halogens is 1. The first-order valence-electron chi connectivity index (χ1n) is 19.5. The van der Waals surface area contributed by atoms with Crippen LogP contribution in [0, 0.1) is 10.2 Å². The molecular weight excluding hydrogens is 732 g/mol. The van der Waals surface area contributed by atoms with Crippen LogP contribution in [0.25, 0.3) is 6.08 Å². The minimum absolute atomic E-state index is 0.110. The van der Waals surface area contributed by atoms with Gasteiger partial charge in [-0.1, -0.05) is 104 Å². The molecule has 1 aliphatic rings. The number of amidine groups is 1. The number of aliphatic imine (C=N–C) groups is 1. The molecule has 298 valence electrons. The van der Waals surface area contributed by atoms with Crippen molar-refractivity contribution in [1.29, 1.82) is 0 Å². The molecule has 3 rings (SSSR count). The number of hydrogen-bond acceptors (Lipinski definition) is 10. The van der Waals surface area contributed by atoms with Crippen molar-refractivity contribution in [3.05, 3.63) is 39.6 Å². The van der Waals surface area contributed by atoms with Gasteiger partial charge in [-0.25, -0.2) is 23.6 Å². The number of nitrogens with zero attached hydrogens (tertiary/aromatic N) is 5. The van der Waals surface area contributed by atoms with E-state index in [0.717, 1.165) is 122 Å². The van der Waals surface area contributed by atoms with Gasteiger partial charge in [0.15, 0.2) is 10.9 Å². The lowest BCUT2D eigenvalue weighted by molar-refractivity contribution is -2.00. The number of hydrogen-bond donors (Lipinski definition) is 1. The highest BCUT2D eigenvalue weighted by atomic mass is 35.7. The molecule has 0 radical (unpaired) electrons. The van der Waals surface area contributed by atoms with Crippen molar-refractivity contribution in [3.63, 3.8) is 0 Å². The van der Waals surface area contributed by atoms with Crippen LogP contribution in [0.4, 0.5) is 16.6 Å². The zero-order valence-corrected chi connectivity index (χ0v) is 35.5. The Balaban J connectivity index is 0.00000181. The largest absolute Gasteiger partial charge is 0.372 e. The van der Waals surface area contributed by atoms with E-state index in [9.17, 15) is 4.79 Å². The number of carbonyl (C=O) groups excluding carboxylic acids is 1. The maximum Gasteiger partial charge on any atom is 0.360 e. The number of nitrogens with one attached hydrogen (secondary N) is 1. The molecule has 0 aliphatic carbocycles. The van der Waals surface area contributed by atoms with Gasteiger partial charge in [-0.15, -0.1) is 10.2 Å². The molecule has 1 aromatic carbocycles. The fourth-order valence-electron chi connectivity index (χ4n) is 5.57. The summed E-state index contributed by atoms with van der Waals surface area (Å²) in [6.45, 7) is 21.2. The number of rotatable bonds is 23. The highest BCUT2D eigenvalue weighted by Gasteiger charge is 2.36. The predicted molar refractivity (Wildman–Crippen MR) is 214 cm³/mol. The number of aromatic nitrogens is 1. The standard InChI is InChI=1S/C39H62N6OS2.ClHO4/c1-8-14-24-43(25-15-9-2)33-22-20-32(21-23-33)30-34-35(41-38(47-34)44(26-16-10-3)27-17-11-4)36-37(40-31(7)46)42-39(48-36)45(28-18-12-5)29-19-13-6;2-1(3,4)5/h20-23,30H,8-19,24-29H2,1-7H3;(H,2,3,4,5)/b34-30-;. The van der Waals surface area contributed by atoms with Crippen LogP contribution in [-0.4, -0.2) is 65.6 Å². The van der Waals surface area contributed by atoms with E-state index in [4.69, 9.17) is 28.6 Å². The minimum atomic E-state index is -4.94. The number of unbranched alkanes of at least 4 members (excludes halogenated alkanes) is 6. The number of amides is 1. The van der Waals surface area contributed by atoms with Gasteiger partial charge in [0.25, 0.3) is 0 Å². The van der Waals surface area contributed by atoms with Gasteiger partial charge in [0.1, 0.15) is 4.88 Å². The number of anilines is 3. The maximum atomic E-state index is 12.5.